The summed E-state index contributed by atoms with van der Waals surface area (Å²) in [7, 11) is 0. The first-order chi connectivity index (χ1) is 17.8. The first-order valence-corrected chi connectivity index (χ1v) is 12.3. The van der Waals surface area contributed by atoms with Crippen LogP contribution in [0.1, 0.15) is 16.7 Å². The number of hydrogen-bond donors (Lipinski definition) is 1. The van der Waals surface area contributed by atoms with Crippen molar-refractivity contribution in [2.45, 2.75) is 39.8 Å². The fourth-order valence-corrected chi connectivity index (χ4v) is 5.01. The van der Waals surface area contributed by atoms with Crippen molar-refractivity contribution in [3.05, 3.63) is 64.3 Å². The number of H-pyrrole nitrogens is 1. The highest BCUT2D eigenvalue weighted by Gasteiger charge is 2.37. The molecule has 7 nitrogen and oxygen atoms in total. The number of aryl methyl sites for hydroxylation is 1. The van der Waals surface area contributed by atoms with Crippen LogP contribution in [0.3, 0.4) is 0 Å². The maximum atomic E-state index is 13.2. The van der Waals surface area contributed by atoms with Crippen LogP contribution in [0, 0.1) is 6.92 Å². The van der Waals surface area contributed by atoms with Crippen LogP contribution in [-0.4, -0.2) is 30.1 Å². The van der Waals surface area contributed by atoms with E-state index in [1.54, 1.807) is 6.07 Å². The van der Waals surface area contributed by atoms with Crippen molar-refractivity contribution in [2.75, 3.05) is 0 Å². The highest BCUT2D eigenvalue weighted by molar-refractivity contribution is 7.99. The first-order valence-electron chi connectivity index (χ1n) is 10.3. The van der Waals surface area contributed by atoms with Gasteiger partial charge in [0.2, 0.25) is 5.16 Å². The Labute approximate surface area is 222 Å². The summed E-state index contributed by atoms with van der Waals surface area (Å²) >= 11 is 7.99. The number of rotatable bonds is 5. The number of oxazole rings is 1. The van der Waals surface area contributed by atoms with Gasteiger partial charge in [0.1, 0.15) is 15.7 Å². The Morgan fingerprint density at radius 2 is 1.53 bits per heavy atom. The van der Waals surface area contributed by atoms with Gasteiger partial charge in [0, 0.05) is 23.4 Å². The van der Waals surface area contributed by atoms with Gasteiger partial charge in [-0.3, -0.25) is 5.10 Å². The van der Waals surface area contributed by atoms with Crippen LogP contribution in [0.25, 0.3) is 22.5 Å². The number of alkyl halides is 6. The molecular formula is C22H11ClF6N6OS2. The maximum absolute atomic E-state index is 13.2. The Morgan fingerprint density at radius 1 is 0.816 bits per heavy atom. The molecule has 0 fully saturated rings. The standard InChI is InChI=1S/C22H11ClF6N6OS2/c1-9-2-3-13-14(4-9)36-20(30-13)38-18-31-15(23)8-16(32-18)37-19-33-17(34-35-19)10-5-11(21(24,25)26)7-12(6-10)22(27,28)29/h2-8H,1H3,(H,33,34,35). The lowest BCUT2D eigenvalue weighted by molar-refractivity contribution is -0.143. The second kappa shape index (κ2) is 9.78. The van der Waals surface area contributed by atoms with E-state index in [-0.39, 0.29) is 37.6 Å². The number of hydrogen-bond acceptors (Lipinski definition) is 8. The van der Waals surface area contributed by atoms with Crippen LogP contribution < -0.4 is 0 Å². The normalized spacial score (nSPS) is 12.4. The molecule has 0 saturated carbocycles. The number of benzene rings is 2. The fraction of sp³-hybridized carbons (Fsp3) is 0.136. The lowest BCUT2D eigenvalue weighted by atomic mass is 10.0. The van der Waals surface area contributed by atoms with Crippen molar-refractivity contribution in [1.82, 2.24) is 30.1 Å². The minimum Gasteiger partial charge on any atom is -0.431 e. The highest BCUT2D eigenvalue weighted by Crippen LogP contribution is 2.39. The Balaban J connectivity index is 1.40. The third-order valence-corrected chi connectivity index (χ3v) is 6.57. The summed E-state index contributed by atoms with van der Waals surface area (Å²) in [6, 6.07) is 8.07. The molecule has 196 valence electrons. The van der Waals surface area contributed by atoms with Crippen LogP contribution in [0.4, 0.5) is 26.3 Å². The van der Waals surface area contributed by atoms with Gasteiger partial charge in [-0.25, -0.2) is 19.9 Å². The van der Waals surface area contributed by atoms with E-state index in [9.17, 15) is 26.3 Å². The van der Waals surface area contributed by atoms with Gasteiger partial charge in [0.05, 0.1) is 11.1 Å². The molecule has 0 radical (unpaired) electrons. The molecule has 3 heterocycles. The number of halogens is 7. The van der Waals surface area contributed by atoms with Crippen molar-refractivity contribution < 1.29 is 30.8 Å². The van der Waals surface area contributed by atoms with Gasteiger partial charge < -0.3 is 4.42 Å². The van der Waals surface area contributed by atoms with E-state index in [1.165, 1.54) is 6.07 Å². The quantitative estimate of drug-likeness (QED) is 0.127. The van der Waals surface area contributed by atoms with Crippen molar-refractivity contribution in [3.8, 4) is 11.4 Å². The average molecular weight is 589 g/mol. The average Bonchev–Trinajstić information content (AvgIpc) is 3.43. The third-order valence-electron chi connectivity index (χ3n) is 4.88. The summed E-state index contributed by atoms with van der Waals surface area (Å²) in [6.45, 7) is 1.91. The topological polar surface area (TPSA) is 93.4 Å². The summed E-state index contributed by atoms with van der Waals surface area (Å²) in [4.78, 5) is 16.8. The fourth-order valence-electron chi connectivity index (χ4n) is 3.21. The van der Waals surface area contributed by atoms with Crippen molar-refractivity contribution in [1.29, 1.82) is 0 Å². The lowest BCUT2D eigenvalue weighted by Crippen LogP contribution is -2.11. The minimum absolute atomic E-state index is 0.0194. The molecule has 16 heteroatoms. The monoisotopic (exact) mass is 588 g/mol. The zero-order valence-corrected chi connectivity index (χ0v) is 21.0. The number of fused-ring (bicyclic) bond motifs is 1. The van der Waals surface area contributed by atoms with Crippen molar-refractivity contribution >= 4 is 46.2 Å². The van der Waals surface area contributed by atoms with Gasteiger partial charge in [-0.15, -0.1) is 5.10 Å². The molecular weight excluding hydrogens is 578 g/mol. The van der Waals surface area contributed by atoms with Gasteiger partial charge in [-0.2, -0.15) is 26.3 Å². The highest BCUT2D eigenvalue weighted by atomic mass is 35.5. The van der Waals surface area contributed by atoms with E-state index in [4.69, 9.17) is 16.0 Å². The van der Waals surface area contributed by atoms with E-state index >= 15 is 0 Å². The van der Waals surface area contributed by atoms with E-state index < -0.39 is 29.0 Å². The minimum atomic E-state index is -4.99. The van der Waals surface area contributed by atoms with Crippen LogP contribution >= 0.6 is 35.1 Å². The molecule has 0 amide bonds. The summed E-state index contributed by atoms with van der Waals surface area (Å²) < 4.78 is 84.9. The molecule has 0 bridgehead atoms. The molecule has 0 aliphatic rings. The van der Waals surface area contributed by atoms with E-state index in [0.717, 1.165) is 29.1 Å². The van der Waals surface area contributed by atoms with E-state index in [0.29, 0.717) is 23.2 Å². The zero-order chi connectivity index (χ0) is 27.2. The second-order valence-electron chi connectivity index (χ2n) is 7.73. The Kier molecular flexibility index (Phi) is 6.77. The summed E-state index contributed by atoms with van der Waals surface area (Å²) in [6.07, 6.45) is -9.99. The lowest BCUT2D eigenvalue weighted by Gasteiger charge is -2.13. The van der Waals surface area contributed by atoms with Gasteiger partial charge in [0.15, 0.2) is 16.6 Å². The third kappa shape index (κ3) is 5.89. The van der Waals surface area contributed by atoms with Crippen LogP contribution in [-0.2, 0) is 12.4 Å². The van der Waals surface area contributed by atoms with Gasteiger partial charge in [0.25, 0.3) is 5.22 Å². The molecule has 0 saturated heterocycles. The largest absolute Gasteiger partial charge is 0.431 e. The molecule has 5 rings (SSSR count). The van der Waals surface area contributed by atoms with Gasteiger partial charge in [-0.1, -0.05) is 17.7 Å². The smallest absolute Gasteiger partial charge is 0.416 e. The van der Waals surface area contributed by atoms with E-state index in [2.05, 4.69) is 30.1 Å². The molecule has 38 heavy (non-hydrogen) atoms. The number of aromatic amines is 1. The van der Waals surface area contributed by atoms with E-state index in [1.807, 2.05) is 19.1 Å². The molecule has 0 unspecified atom stereocenters. The summed E-state index contributed by atoms with van der Waals surface area (Å²) in [5, 5.41) is 7.02. The summed E-state index contributed by atoms with van der Waals surface area (Å²) in [5.41, 5.74) is -1.15. The second-order valence-corrected chi connectivity index (χ2v) is 10.0. The molecule has 0 spiro atoms. The van der Waals surface area contributed by atoms with Crippen molar-refractivity contribution in [2.24, 2.45) is 0 Å². The Hall–Kier alpha value is -3.30. The maximum Gasteiger partial charge on any atom is 0.416 e. The molecule has 3 aromatic heterocycles. The molecule has 5 aromatic rings. The van der Waals surface area contributed by atoms with Crippen molar-refractivity contribution in [3.63, 3.8) is 0 Å². The Bertz CT molecular complexity index is 1620. The number of nitrogens with zero attached hydrogens (tertiary/aromatic N) is 5. The first kappa shape index (κ1) is 26.3. The molecule has 0 aliphatic carbocycles. The molecule has 0 aliphatic heterocycles. The number of nitrogens with one attached hydrogen (secondary N) is 1. The summed E-state index contributed by atoms with van der Waals surface area (Å²) in [5.74, 6) is -0.291. The van der Waals surface area contributed by atoms with Gasteiger partial charge >= 0.3 is 12.4 Å². The molecule has 1 N–H and O–H groups in total. The predicted octanol–water partition coefficient (Wildman–Crippen LogP) is 7.70. The Morgan fingerprint density at radius 3 is 2.21 bits per heavy atom. The van der Waals surface area contributed by atoms with Crippen LogP contribution in [0.15, 0.2) is 67.4 Å². The predicted molar refractivity (Wildman–Crippen MR) is 126 cm³/mol. The number of aromatic nitrogens is 6. The molecule has 2 aromatic carbocycles. The van der Waals surface area contributed by atoms with Crippen LogP contribution in [0.5, 0.6) is 0 Å². The SMILES string of the molecule is Cc1ccc2nc(Sc3nc(Cl)cc(Sc4n[nH]c(-c5cc(C(F)(F)F)cc(C(F)(F)F)c5)n4)n3)oc2c1. The molecule has 0 atom stereocenters. The van der Waals surface area contributed by atoms with Gasteiger partial charge in [-0.05, 0) is 54.6 Å². The zero-order valence-electron chi connectivity index (χ0n) is 18.6. The van der Waals surface area contributed by atoms with Crippen LogP contribution in [0.2, 0.25) is 5.15 Å².